The molecule has 6 heteroatoms. The fraction of sp³-hybridized carbons (Fsp3) is 0.0476. The quantitative estimate of drug-likeness (QED) is 0.572. The lowest BCUT2D eigenvalue weighted by Gasteiger charge is -2.06. The van der Waals surface area contributed by atoms with Gasteiger partial charge < -0.3 is 5.32 Å². The number of aromatic nitrogens is 3. The number of amides is 1. The number of hydrogen-bond donors (Lipinski definition) is 1. The van der Waals surface area contributed by atoms with Crippen LogP contribution in [0.2, 0.25) is 0 Å². The predicted molar refractivity (Wildman–Crippen MR) is 102 cm³/mol. The minimum absolute atomic E-state index is 0.0134. The minimum atomic E-state index is 0.0134. The fourth-order valence-corrected chi connectivity index (χ4v) is 3.35. The van der Waals surface area contributed by atoms with Crippen molar-refractivity contribution in [2.24, 2.45) is 0 Å². The predicted octanol–water partition coefficient (Wildman–Crippen LogP) is 3.37. The molecule has 0 saturated heterocycles. The second-order valence-corrected chi connectivity index (χ2v) is 6.47. The largest absolute Gasteiger partial charge is 0.326 e. The summed E-state index contributed by atoms with van der Waals surface area (Å²) in [5.41, 5.74) is 6.74. The molecular weight excluding hydrogens is 340 g/mol. The number of imidazole rings is 1. The summed E-state index contributed by atoms with van der Waals surface area (Å²) < 4.78 is 1.80. The number of carbonyl (C=O) groups excluding carboxylic acids is 2. The smallest absolute Gasteiger partial charge is 0.228 e. The fourth-order valence-electron chi connectivity index (χ4n) is 3.35. The molecule has 4 aromatic rings. The Bertz CT molecular complexity index is 1210. The van der Waals surface area contributed by atoms with Crippen LogP contribution in [0.15, 0.2) is 60.8 Å². The van der Waals surface area contributed by atoms with Crippen molar-refractivity contribution in [2.45, 2.75) is 6.42 Å². The van der Waals surface area contributed by atoms with Crippen molar-refractivity contribution in [2.75, 3.05) is 5.32 Å². The molecule has 0 unspecified atom stereocenters. The first-order valence-electron chi connectivity index (χ1n) is 8.55. The van der Waals surface area contributed by atoms with Gasteiger partial charge in [-0.3, -0.25) is 9.59 Å². The van der Waals surface area contributed by atoms with Crippen LogP contribution in [-0.2, 0) is 11.2 Å². The molecule has 0 aliphatic carbocycles. The summed E-state index contributed by atoms with van der Waals surface area (Å²) in [7, 11) is 0. The average molecular weight is 354 g/mol. The van der Waals surface area contributed by atoms with Gasteiger partial charge in [0.15, 0.2) is 5.65 Å². The van der Waals surface area contributed by atoms with Gasteiger partial charge in [0.05, 0.1) is 24.0 Å². The monoisotopic (exact) mass is 354 g/mol. The molecule has 0 radical (unpaired) electrons. The Morgan fingerprint density at radius 3 is 2.63 bits per heavy atom. The molecule has 0 spiro atoms. The van der Waals surface area contributed by atoms with Gasteiger partial charge in [0.1, 0.15) is 6.29 Å². The van der Waals surface area contributed by atoms with Crippen LogP contribution in [0.5, 0.6) is 0 Å². The van der Waals surface area contributed by atoms with Crippen molar-refractivity contribution in [1.29, 1.82) is 0 Å². The van der Waals surface area contributed by atoms with E-state index in [1.807, 2.05) is 42.5 Å². The Morgan fingerprint density at radius 2 is 1.81 bits per heavy atom. The summed E-state index contributed by atoms with van der Waals surface area (Å²) in [6, 6.07) is 17.0. The van der Waals surface area contributed by atoms with Crippen molar-refractivity contribution >= 4 is 23.5 Å². The molecule has 1 N–H and O–H groups in total. The van der Waals surface area contributed by atoms with E-state index in [1.165, 1.54) is 0 Å². The Kier molecular flexibility index (Phi) is 3.36. The molecule has 2 aromatic heterocycles. The molecule has 6 nitrogen and oxygen atoms in total. The van der Waals surface area contributed by atoms with E-state index in [-0.39, 0.29) is 5.91 Å². The van der Waals surface area contributed by atoms with E-state index in [1.54, 1.807) is 22.8 Å². The Balaban J connectivity index is 1.60. The topological polar surface area (TPSA) is 76.4 Å². The van der Waals surface area contributed by atoms with Gasteiger partial charge in [-0.2, -0.15) is 5.10 Å². The summed E-state index contributed by atoms with van der Waals surface area (Å²) >= 11 is 0. The molecular formula is C21H14N4O2. The van der Waals surface area contributed by atoms with Crippen molar-refractivity contribution in [3.05, 3.63) is 71.9 Å². The maximum absolute atomic E-state index is 11.6. The number of aldehydes is 1. The minimum Gasteiger partial charge on any atom is -0.326 e. The number of anilines is 1. The van der Waals surface area contributed by atoms with Crippen molar-refractivity contribution < 1.29 is 9.59 Å². The van der Waals surface area contributed by atoms with E-state index in [0.29, 0.717) is 12.0 Å². The third-order valence-corrected chi connectivity index (χ3v) is 4.73. The van der Waals surface area contributed by atoms with Crippen LogP contribution >= 0.6 is 0 Å². The Morgan fingerprint density at radius 1 is 1.00 bits per heavy atom. The van der Waals surface area contributed by atoms with Gasteiger partial charge in [0, 0.05) is 22.4 Å². The third kappa shape index (κ3) is 2.58. The van der Waals surface area contributed by atoms with E-state index in [2.05, 4.69) is 10.3 Å². The molecule has 27 heavy (non-hydrogen) atoms. The lowest BCUT2D eigenvalue weighted by molar-refractivity contribution is -0.115. The summed E-state index contributed by atoms with van der Waals surface area (Å²) in [6.07, 6.45) is 3.00. The zero-order chi connectivity index (χ0) is 18.4. The molecule has 3 heterocycles. The maximum atomic E-state index is 11.6. The van der Waals surface area contributed by atoms with Crippen LogP contribution in [0.3, 0.4) is 0 Å². The van der Waals surface area contributed by atoms with Crippen molar-refractivity contribution in [3.8, 4) is 22.5 Å². The van der Waals surface area contributed by atoms with Gasteiger partial charge in [-0.25, -0.2) is 9.50 Å². The zero-order valence-electron chi connectivity index (χ0n) is 14.2. The van der Waals surface area contributed by atoms with Crippen LogP contribution in [0.4, 0.5) is 5.69 Å². The molecule has 0 saturated carbocycles. The zero-order valence-corrected chi connectivity index (χ0v) is 14.2. The van der Waals surface area contributed by atoms with E-state index in [4.69, 9.17) is 5.10 Å². The molecule has 2 aromatic carbocycles. The Hall–Kier alpha value is -3.80. The van der Waals surface area contributed by atoms with Crippen LogP contribution in [-0.4, -0.2) is 26.8 Å². The van der Waals surface area contributed by atoms with Crippen LogP contribution < -0.4 is 5.32 Å². The first kappa shape index (κ1) is 15.5. The highest BCUT2D eigenvalue weighted by Gasteiger charge is 2.19. The van der Waals surface area contributed by atoms with Gasteiger partial charge in [-0.15, -0.1) is 0 Å². The summed E-state index contributed by atoms with van der Waals surface area (Å²) in [5.74, 6) is 0.0134. The number of nitrogens with one attached hydrogen (secondary N) is 1. The summed E-state index contributed by atoms with van der Waals surface area (Å²) in [5, 5.41) is 7.57. The molecule has 1 amide bonds. The van der Waals surface area contributed by atoms with Crippen LogP contribution in [0.25, 0.3) is 28.2 Å². The maximum Gasteiger partial charge on any atom is 0.228 e. The summed E-state index contributed by atoms with van der Waals surface area (Å²) in [4.78, 5) is 26.9. The van der Waals surface area contributed by atoms with Gasteiger partial charge in [0.2, 0.25) is 5.91 Å². The lowest BCUT2D eigenvalue weighted by Crippen LogP contribution is -2.03. The van der Waals surface area contributed by atoms with Crippen LogP contribution in [0, 0.1) is 0 Å². The molecule has 5 rings (SSSR count). The van der Waals surface area contributed by atoms with Gasteiger partial charge in [-0.05, 0) is 29.8 Å². The van der Waals surface area contributed by atoms with Gasteiger partial charge >= 0.3 is 0 Å². The highest BCUT2D eigenvalue weighted by Crippen LogP contribution is 2.29. The van der Waals surface area contributed by atoms with Crippen LogP contribution in [0.1, 0.15) is 15.9 Å². The van der Waals surface area contributed by atoms with E-state index in [0.717, 1.165) is 45.7 Å². The van der Waals surface area contributed by atoms with Crippen molar-refractivity contribution in [1.82, 2.24) is 14.6 Å². The first-order valence-corrected chi connectivity index (χ1v) is 8.55. The van der Waals surface area contributed by atoms with Gasteiger partial charge in [-0.1, -0.05) is 30.3 Å². The first-order chi connectivity index (χ1) is 13.2. The van der Waals surface area contributed by atoms with Crippen molar-refractivity contribution in [3.63, 3.8) is 0 Å². The number of rotatable bonds is 3. The second kappa shape index (κ2) is 5.88. The number of hydrogen-bond acceptors (Lipinski definition) is 4. The SMILES string of the molecule is O=Cc1ccc(-c2ccc3ncc(-c4ccc5c(c4)CC(=O)N5)n3n2)cc1. The molecule has 0 fully saturated rings. The number of carbonyl (C=O) groups is 2. The highest BCUT2D eigenvalue weighted by atomic mass is 16.1. The highest BCUT2D eigenvalue weighted by molar-refractivity contribution is 5.99. The molecule has 130 valence electrons. The number of nitrogens with zero attached hydrogens (tertiary/aromatic N) is 3. The number of fused-ring (bicyclic) bond motifs is 2. The molecule has 0 bridgehead atoms. The molecule has 1 aliphatic heterocycles. The standard InChI is InChI=1S/C21H14N4O2/c26-12-13-1-3-14(4-2-13)18-7-8-20-22-11-19(25(20)24-18)15-5-6-17-16(9-15)10-21(27)23-17/h1-9,11-12H,10H2,(H,23,27). The van der Waals surface area contributed by atoms with E-state index in [9.17, 15) is 9.59 Å². The Labute approximate surface area is 154 Å². The number of benzene rings is 2. The van der Waals surface area contributed by atoms with E-state index < -0.39 is 0 Å². The van der Waals surface area contributed by atoms with E-state index >= 15 is 0 Å². The second-order valence-electron chi connectivity index (χ2n) is 6.47. The third-order valence-electron chi connectivity index (χ3n) is 4.73. The molecule has 0 atom stereocenters. The molecule has 1 aliphatic rings. The lowest BCUT2D eigenvalue weighted by atomic mass is 10.1. The van der Waals surface area contributed by atoms with Gasteiger partial charge in [0.25, 0.3) is 0 Å². The normalized spacial score (nSPS) is 12.8. The average Bonchev–Trinajstić information content (AvgIpc) is 3.29. The summed E-state index contributed by atoms with van der Waals surface area (Å²) in [6.45, 7) is 0.